The van der Waals surface area contributed by atoms with Gasteiger partial charge in [0.05, 0.1) is 17.6 Å². The number of anilines is 1. The zero-order valence-corrected chi connectivity index (χ0v) is 26.4. The number of imidazole rings is 1. The topological polar surface area (TPSA) is 138 Å². The standard InChI is InChI=1S/C31H40N8O5/c1-19(2)14-16-38-24-25(33-28(38)37-15-10-11-20(17-37)32-29(42)44-31(3,4)5)35(6)30(43)39(27(24)41)18-23-21-12-8-9-13-22(21)26(40)36(7)34-23/h8-9,12-14,20H,10-11,15-18H2,1-7H3,(H,32,42). The van der Waals surface area contributed by atoms with Gasteiger partial charge in [-0.1, -0.05) is 29.8 Å². The highest BCUT2D eigenvalue weighted by atomic mass is 16.6. The molecule has 13 heteroatoms. The normalized spacial score (nSPS) is 15.5. The Hall–Kier alpha value is -4.68. The van der Waals surface area contributed by atoms with Crippen molar-refractivity contribution in [1.82, 2.24) is 33.8 Å². The number of rotatable bonds is 6. The number of aromatic nitrogens is 6. The predicted molar refractivity (Wildman–Crippen MR) is 169 cm³/mol. The lowest BCUT2D eigenvalue weighted by molar-refractivity contribution is 0.0499. The smallest absolute Gasteiger partial charge is 0.407 e. The molecule has 0 bridgehead atoms. The van der Waals surface area contributed by atoms with Gasteiger partial charge >= 0.3 is 11.8 Å². The average Bonchev–Trinajstić information content (AvgIpc) is 3.34. The number of nitrogens with zero attached hydrogens (tertiary/aromatic N) is 7. The van der Waals surface area contributed by atoms with E-state index in [1.54, 1.807) is 38.4 Å². The summed E-state index contributed by atoms with van der Waals surface area (Å²) in [4.78, 5) is 59.9. The summed E-state index contributed by atoms with van der Waals surface area (Å²) in [7, 11) is 3.14. The number of nitrogens with one attached hydrogen (secondary N) is 1. The lowest BCUT2D eigenvalue weighted by Gasteiger charge is -2.34. The Morgan fingerprint density at radius 3 is 2.45 bits per heavy atom. The molecule has 3 aromatic heterocycles. The highest BCUT2D eigenvalue weighted by molar-refractivity contribution is 5.83. The van der Waals surface area contributed by atoms with Crippen molar-refractivity contribution in [2.75, 3.05) is 18.0 Å². The van der Waals surface area contributed by atoms with Crippen LogP contribution in [0.25, 0.3) is 21.9 Å². The van der Waals surface area contributed by atoms with Crippen molar-refractivity contribution in [3.8, 4) is 0 Å². The molecular weight excluding hydrogens is 564 g/mol. The van der Waals surface area contributed by atoms with E-state index < -0.39 is 22.9 Å². The third kappa shape index (κ3) is 6.03. The number of piperidine rings is 1. The van der Waals surface area contributed by atoms with Crippen LogP contribution in [-0.2, 0) is 31.9 Å². The van der Waals surface area contributed by atoms with Crippen LogP contribution in [0.2, 0.25) is 0 Å². The van der Waals surface area contributed by atoms with Crippen LogP contribution in [0.3, 0.4) is 0 Å². The van der Waals surface area contributed by atoms with Crippen LogP contribution in [0.15, 0.2) is 50.3 Å². The van der Waals surface area contributed by atoms with Gasteiger partial charge in [-0.15, -0.1) is 0 Å². The summed E-state index contributed by atoms with van der Waals surface area (Å²) < 4.78 is 11.0. The molecule has 234 valence electrons. The fraction of sp³-hybridized carbons (Fsp3) is 0.484. The number of aryl methyl sites for hydroxylation is 2. The van der Waals surface area contributed by atoms with E-state index in [-0.39, 0.29) is 29.3 Å². The maximum Gasteiger partial charge on any atom is 0.407 e. The molecule has 0 aliphatic carbocycles. The quantitative estimate of drug-likeness (QED) is 0.332. The molecule has 1 N–H and O–H groups in total. The molecule has 13 nitrogen and oxygen atoms in total. The number of fused-ring (bicyclic) bond motifs is 2. The second-order valence-electron chi connectivity index (χ2n) is 12.6. The molecule has 4 aromatic rings. The van der Waals surface area contributed by atoms with Crippen LogP contribution in [0.4, 0.5) is 10.7 Å². The van der Waals surface area contributed by atoms with Crippen molar-refractivity contribution in [2.24, 2.45) is 14.1 Å². The Morgan fingerprint density at radius 1 is 1.07 bits per heavy atom. The van der Waals surface area contributed by atoms with Crippen LogP contribution in [0.5, 0.6) is 0 Å². The van der Waals surface area contributed by atoms with E-state index in [9.17, 15) is 19.2 Å². The molecule has 1 unspecified atom stereocenters. The lowest BCUT2D eigenvalue weighted by Crippen LogP contribution is -2.49. The molecule has 1 saturated heterocycles. The first kappa shape index (κ1) is 30.8. The van der Waals surface area contributed by atoms with Crippen LogP contribution < -0.4 is 27.0 Å². The molecular formula is C31H40N8O5. The summed E-state index contributed by atoms with van der Waals surface area (Å²) in [6.07, 6.45) is 3.09. The van der Waals surface area contributed by atoms with E-state index in [0.29, 0.717) is 42.0 Å². The Kier molecular flexibility index (Phi) is 8.23. The SMILES string of the molecule is CC(C)=CCn1c(N2CCCC(NC(=O)OC(C)(C)C)C2)nc2c1c(=O)n(Cc1nn(C)c(=O)c3ccccc13)c(=O)n2C. The predicted octanol–water partition coefficient (Wildman–Crippen LogP) is 2.65. The van der Waals surface area contributed by atoms with Crippen molar-refractivity contribution in [2.45, 2.75) is 72.2 Å². The molecule has 4 heterocycles. The summed E-state index contributed by atoms with van der Waals surface area (Å²) in [6.45, 7) is 10.8. The minimum Gasteiger partial charge on any atom is -0.444 e. The monoisotopic (exact) mass is 604 g/mol. The van der Waals surface area contributed by atoms with E-state index in [0.717, 1.165) is 23.0 Å². The van der Waals surface area contributed by atoms with E-state index in [2.05, 4.69) is 10.4 Å². The van der Waals surface area contributed by atoms with Gasteiger partial charge in [0.2, 0.25) is 5.95 Å². The van der Waals surface area contributed by atoms with Crippen LogP contribution in [-0.4, -0.2) is 59.3 Å². The number of carbonyl (C=O) groups is 1. The first-order valence-corrected chi connectivity index (χ1v) is 14.8. The summed E-state index contributed by atoms with van der Waals surface area (Å²) in [5.74, 6) is 0.545. The molecule has 1 aromatic carbocycles. The van der Waals surface area contributed by atoms with E-state index in [1.807, 2.05) is 50.2 Å². The summed E-state index contributed by atoms with van der Waals surface area (Å²) in [5.41, 5.74) is 0.150. The minimum atomic E-state index is -0.613. The fourth-order valence-corrected chi connectivity index (χ4v) is 5.58. The van der Waals surface area contributed by atoms with Gasteiger partial charge in [0, 0.05) is 45.2 Å². The number of amides is 1. The van der Waals surface area contributed by atoms with E-state index in [1.165, 1.54) is 9.25 Å². The first-order valence-electron chi connectivity index (χ1n) is 14.8. The third-order valence-corrected chi connectivity index (χ3v) is 7.66. The van der Waals surface area contributed by atoms with Gasteiger partial charge in [0.15, 0.2) is 11.2 Å². The van der Waals surface area contributed by atoms with Gasteiger partial charge in [-0.3, -0.25) is 18.7 Å². The number of hydrogen-bond acceptors (Lipinski definition) is 8. The van der Waals surface area contributed by atoms with Crippen LogP contribution >= 0.6 is 0 Å². The second-order valence-corrected chi connectivity index (χ2v) is 12.6. The largest absolute Gasteiger partial charge is 0.444 e. The zero-order chi connectivity index (χ0) is 31.9. The molecule has 1 aliphatic heterocycles. The van der Waals surface area contributed by atoms with Crippen molar-refractivity contribution < 1.29 is 9.53 Å². The van der Waals surface area contributed by atoms with E-state index >= 15 is 0 Å². The number of alkyl carbamates (subject to hydrolysis) is 1. The average molecular weight is 605 g/mol. The van der Waals surface area contributed by atoms with Crippen molar-refractivity contribution >= 4 is 34.0 Å². The summed E-state index contributed by atoms with van der Waals surface area (Å²) in [6, 6.07) is 6.85. The van der Waals surface area contributed by atoms with Crippen molar-refractivity contribution in [1.29, 1.82) is 0 Å². The fourth-order valence-electron chi connectivity index (χ4n) is 5.58. The Morgan fingerprint density at radius 2 is 1.77 bits per heavy atom. The molecule has 1 amide bonds. The van der Waals surface area contributed by atoms with Crippen LogP contribution in [0, 0.1) is 0 Å². The van der Waals surface area contributed by atoms with Gasteiger partial charge in [-0.2, -0.15) is 10.1 Å². The Bertz CT molecular complexity index is 1950. The highest BCUT2D eigenvalue weighted by Gasteiger charge is 2.29. The molecule has 1 fully saturated rings. The maximum atomic E-state index is 14.2. The Labute approximate surface area is 254 Å². The van der Waals surface area contributed by atoms with Crippen molar-refractivity contribution in [3.63, 3.8) is 0 Å². The molecule has 1 aliphatic rings. The third-order valence-electron chi connectivity index (χ3n) is 7.66. The van der Waals surface area contributed by atoms with Gasteiger partial charge in [0.1, 0.15) is 5.60 Å². The number of benzene rings is 1. The lowest BCUT2D eigenvalue weighted by atomic mass is 10.1. The van der Waals surface area contributed by atoms with Gasteiger partial charge < -0.3 is 19.5 Å². The number of hydrogen-bond donors (Lipinski definition) is 1. The minimum absolute atomic E-state index is 0.120. The molecule has 0 spiro atoms. The van der Waals surface area contributed by atoms with Crippen molar-refractivity contribution in [3.05, 3.63) is 72.8 Å². The van der Waals surface area contributed by atoms with Gasteiger partial charge in [-0.05, 0) is 53.5 Å². The van der Waals surface area contributed by atoms with Gasteiger partial charge in [-0.25, -0.2) is 14.3 Å². The Balaban J connectivity index is 1.61. The molecule has 1 atom stereocenters. The number of carbonyl (C=O) groups excluding carboxylic acids is 1. The highest BCUT2D eigenvalue weighted by Crippen LogP contribution is 2.24. The second kappa shape index (κ2) is 11.8. The number of allylic oxidation sites excluding steroid dienone is 2. The zero-order valence-electron chi connectivity index (χ0n) is 26.4. The van der Waals surface area contributed by atoms with E-state index in [4.69, 9.17) is 9.72 Å². The summed E-state index contributed by atoms with van der Waals surface area (Å²) >= 11 is 0. The van der Waals surface area contributed by atoms with Gasteiger partial charge in [0.25, 0.3) is 11.1 Å². The molecule has 0 radical (unpaired) electrons. The molecule has 44 heavy (non-hydrogen) atoms. The first-order chi connectivity index (χ1) is 20.7. The van der Waals surface area contributed by atoms with Crippen LogP contribution in [0.1, 0.15) is 53.2 Å². The molecule has 5 rings (SSSR count). The number of ether oxygens (including phenoxy) is 1. The summed E-state index contributed by atoms with van der Waals surface area (Å²) in [5, 5.41) is 8.42. The maximum absolute atomic E-state index is 14.2. The molecule has 0 saturated carbocycles.